The molecule has 4 amide bonds. The first-order chi connectivity index (χ1) is 14.9. The van der Waals surface area contributed by atoms with Crippen LogP contribution in [0, 0.1) is 5.82 Å². The van der Waals surface area contributed by atoms with Gasteiger partial charge >= 0.3 is 6.03 Å². The number of nitrogens with one attached hydrogen (secondary N) is 2. The van der Waals surface area contributed by atoms with Gasteiger partial charge in [0.25, 0.3) is 5.91 Å². The van der Waals surface area contributed by atoms with Gasteiger partial charge in [0.1, 0.15) is 17.9 Å². The number of hydrogen-bond acceptors (Lipinski definition) is 5. The van der Waals surface area contributed by atoms with Crippen LogP contribution in [0.2, 0.25) is 0 Å². The lowest BCUT2D eigenvalue weighted by molar-refractivity contribution is -0.134. The van der Waals surface area contributed by atoms with Crippen LogP contribution >= 0.6 is 0 Å². The van der Waals surface area contributed by atoms with Gasteiger partial charge in [-0.15, -0.1) is 0 Å². The highest BCUT2D eigenvalue weighted by molar-refractivity contribution is 6.10. The molecule has 0 bridgehead atoms. The van der Waals surface area contributed by atoms with E-state index >= 15 is 0 Å². The summed E-state index contributed by atoms with van der Waals surface area (Å²) in [5, 5.41) is 5.34. The topological polar surface area (TPSA) is 97.0 Å². The fourth-order valence-electron chi connectivity index (χ4n) is 3.73. The minimum Gasteiger partial charge on any atom is -0.490 e. The highest BCUT2D eigenvalue weighted by atomic mass is 19.1. The molecule has 2 N–H and O–H groups in total. The summed E-state index contributed by atoms with van der Waals surface area (Å²) < 4.78 is 24.5. The summed E-state index contributed by atoms with van der Waals surface area (Å²) in [7, 11) is 0. The van der Waals surface area contributed by atoms with Gasteiger partial charge in [0, 0.05) is 18.2 Å². The summed E-state index contributed by atoms with van der Waals surface area (Å²) in [5.41, 5.74) is -0.414. The molecule has 2 aromatic rings. The van der Waals surface area contributed by atoms with Crippen molar-refractivity contribution >= 4 is 23.5 Å². The third kappa shape index (κ3) is 3.90. The fraction of sp³-hybridized carbons (Fsp3) is 0.318. The van der Waals surface area contributed by atoms with Gasteiger partial charge in [0.15, 0.2) is 11.5 Å². The van der Waals surface area contributed by atoms with Gasteiger partial charge in [0.05, 0.1) is 13.2 Å². The van der Waals surface area contributed by atoms with Crippen molar-refractivity contribution in [2.24, 2.45) is 0 Å². The van der Waals surface area contributed by atoms with Gasteiger partial charge in [-0.25, -0.2) is 9.18 Å². The third-order valence-corrected chi connectivity index (χ3v) is 5.38. The Bertz CT molecular complexity index is 1030. The molecule has 4 rings (SSSR count). The summed E-state index contributed by atoms with van der Waals surface area (Å²) in [6.07, 6.45) is 1.01. The van der Waals surface area contributed by atoms with E-state index in [9.17, 15) is 18.8 Å². The summed E-state index contributed by atoms with van der Waals surface area (Å²) in [6.45, 7) is 2.35. The number of rotatable bonds is 5. The Labute approximate surface area is 178 Å². The number of hydrogen-bond donors (Lipinski definition) is 2. The van der Waals surface area contributed by atoms with Crippen LogP contribution in [-0.2, 0) is 15.1 Å². The maximum Gasteiger partial charge on any atom is 0.325 e. The van der Waals surface area contributed by atoms with E-state index < -0.39 is 35.7 Å². The molecule has 1 fully saturated rings. The van der Waals surface area contributed by atoms with Crippen LogP contribution in [-0.4, -0.2) is 42.5 Å². The van der Waals surface area contributed by atoms with Crippen LogP contribution in [0.5, 0.6) is 11.5 Å². The molecule has 2 aliphatic heterocycles. The summed E-state index contributed by atoms with van der Waals surface area (Å²) in [4.78, 5) is 39.1. The zero-order valence-electron chi connectivity index (χ0n) is 16.9. The number of fused-ring (bicyclic) bond motifs is 1. The number of carbonyl (C=O) groups is 3. The summed E-state index contributed by atoms with van der Waals surface area (Å²) in [5.74, 6) is -0.425. The van der Waals surface area contributed by atoms with Crippen molar-refractivity contribution in [3.05, 3.63) is 53.8 Å². The number of amides is 4. The second-order valence-corrected chi connectivity index (χ2v) is 7.35. The van der Waals surface area contributed by atoms with Gasteiger partial charge in [-0.2, -0.15) is 0 Å². The van der Waals surface area contributed by atoms with Gasteiger partial charge < -0.3 is 20.1 Å². The quantitative estimate of drug-likeness (QED) is 0.716. The minimum atomic E-state index is -1.33. The van der Waals surface area contributed by atoms with E-state index in [1.165, 1.54) is 24.3 Å². The van der Waals surface area contributed by atoms with Crippen LogP contribution in [0.4, 0.5) is 14.9 Å². The Morgan fingerprint density at radius 3 is 2.55 bits per heavy atom. The van der Waals surface area contributed by atoms with Crippen LogP contribution in [0.25, 0.3) is 0 Å². The van der Waals surface area contributed by atoms with E-state index in [0.29, 0.717) is 36.0 Å². The molecule has 31 heavy (non-hydrogen) atoms. The molecule has 1 atom stereocenters. The predicted octanol–water partition coefficient (Wildman–Crippen LogP) is 2.78. The first-order valence-corrected chi connectivity index (χ1v) is 10.0. The van der Waals surface area contributed by atoms with Crippen molar-refractivity contribution in [1.29, 1.82) is 0 Å². The molecule has 0 spiro atoms. The lowest BCUT2D eigenvalue weighted by atomic mass is 9.87. The van der Waals surface area contributed by atoms with E-state index in [-0.39, 0.29) is 6.42 Å². The van der Waals surface area contributed by atoms with Crippen molar-refractivity contribution in [3.63, 3.8) is 0 Å². The number of carbonyl (C=O) groups excluding carboxylic acids is 3. The number of nitrogens with zero attached hydrogens (tertiary/aromatic N) is 1. The lowest BCUT2D eigenvalue weighted by Gasteiger charge is -2.25. The molecule has 2 aliphatic rings. The molecule has 2 heterocycles. The normalized spacial score (nSPS) is 20.3. The third-order valence-electron chi connectivity index (χ3n) is 5.38. The number of urea groups is 1. The van der Waals surface area contributed by atoms with Crippen molar-refractivity contribution < 1.29 is 28.2 Å². The van der Waals surface area contributed by atoms with E-state index in [0.717, 1.165) is 11.3 Å². The maximum absolute atomic E-state index is 13.3. The molecular weight excluding hydrogens is 405 g/mol. The lowest BCUT2D eigenvalue weighted by Crippen LogP contribution is -2.44. The van der Waals surface area contributed by atoms with Crippen LogP contribution in [0.3, 0.4) is 0 Å². The minimum absolute atomic E-state index is 0.253. The van der Waals surface area contributed by atoms with Gasteiger partial charge in [-0.1, -0.05) is 19.1 Å². The molecule has 1 saturated heterocycles. The Kier molecular flexibility index (Phi) is 5.50. The molecular formula is C22H22FN3O5. The van der Waals surface area contributed by atoms with E-state index in [4.69, 9.17) is 9.47 Å². The van der Waals surface area contributed by atoms with Crippen molar-refractivity contribution in [3.8, 4) is 11.5 Å². The Morgan fingerprint density at radius 2 is 1.84 bits per heavy atom. The molecule has 0 saturated carbocycles. The average Bonchev–Trinajstić information content (AvgIpc) is 2.91. The molecule has 0 aliphatic carbocycles. The van der Waals surface area contributed by atoms with Gasteiger partial charge in [-0.05, 0) is 36.2 Å². The molecule has 1 unspecified atom stereocenters. The van der Waals surface area contributed by atoms with Gasteiger partial charge in [0.2, 0.25) is 5.91 Å². The molecule has 0 radical (unpaired) electrons. The smallest absolute Gasteiger partial charge is 0.325 e. The largest absolute Gasteiger partial charge is 0.490 e. The zero-order valence-corrected chi connectivity index (χ0v) is 16.9. The van der Waals surface area contributed by atoms with E-state index in [1.807, 2.05) is 0 Å². The first-order valence-electron chi connectivity index (χ1n) is 10.0. The Morgan fingerprint density at radius 1 is 1.13 bits per heavy atom. The zero-order chi connectivity index (χ0) is 22.0. The molecule has 0 aromatic heterocycles. The highest BCUT2D eigenvalue weighted by Crippen LogP contribution is 2.34. The molecule has 162 valence electrons. The Balaban J connectivity index is 1.48. The standard InChI is InChI=1S/C22H22FN3O5/c1-2-22(14-4-6-15(23)7-5-14)20(28)26(21(29)25-22)13-19(27)24-16-8-9-17-18(12-16)31-11-3-10-30-17/h4-9,12H,2-3,10-11,13H2,1H3,(H,24,27)(H,25,29). The van der Waals surface area contributed by atoms with Crippen LogP contribution in [0.15, 0.2) is 42.5 Å². The number of halogens is 1. The van der Waals surface area contributed by atoms with Crippen molar-refractivity contribution in [1.82, 2.24) is 10.2 Å². The van der Waals surface area contributed by atoms with Crippen LogP contribution in [0.1, 0.15) is 25.3 Å². The van der Waals surface area contributed by atoms with E-state index in [2.05, 4.69) is 10.6 Å². The maximum atomic E-state index is 13.3. The second kappa shape index (κ2) is 8.25. The molecule has 8 nitrogen and oxygen atoms in total. The highest BCUT2D eigenvalue weighted by Gasteiger charge is 2.51. The van der Waals surface area contributed by atoms with E-state index in [1.54, 1.807) is 25.1 Å². The SMILES string of the molecule is CCC1(c2ccc(F)cc2)NC(=O)N(CC(=O)Nc2ccc3c(c2)OCCCO3)C1=O. The fourth-order valence-corrected chi connectivity index (χ4v) is 3.73. The second-order valence-electron chi connectivity index (χ2n) is 7.35. The Hall–Kier alpha value is -3.62. The number of anilines is 1. The average molecular weight is 427 g/mol. The number of benzene rings is 2. The summed E-state index contributed by atoms with van der Waals surface area (Å²) >= 11 is 0. The monoisotopic (exact) mass is 427 g/mol. The number of imide groups is 1. The molecule has 9 heteroatoms. The molecule has 2 aromatic carbocycles. The summed E-state index contributed by atoms with van der Waals surface area (Å²) in [6, 6.07) is 9.69. The van der Waals surface area contributed by atoms with Crippen molar-refractivity contribution in [2.75, 3.05) is 25.1 Å². The predicted molar refractivity (Wildman–Crippen MR) is 109 cm³/mol. The van der Waals surface area contributed by atoms with Gasteiger partial charge in [-0.3, -0.25) is 14.5 Å². The van der Waals surface area contributed by atoms with Crippen molar-refractivity contribution in [2.45, 2.75) is 25.3 Å². The first kappa shape index (κ1) is 20.6. The van der Waals surface area contributed by atoms with Crippen LogP contribution < -0.4 is 20.1 Å². The number of ether oxygens (including phenoxy) is 2.